The molecule has 0 saturated carbocycles. The maximum atomic E-state index is 6.37. The van der Waals surface area contributed by atoms with Crippen molar-refractivity contribution in [1.82, 2.24) is 19.9 Å². The van der Waals surface area contributed by atoms with Gasteiger partial charge in [0.2, 0.25) is 0 Å². The molecule has 6 aromatic carbocycles. The molecule has 5 nitrogen and oxygen atoms in total. The number of nitrogens with zero attached hydrogens (tertiary/aromatic N) is 4. The van der Waals surface area contributed by atoms with Crippen LogP contribution in [-0.2, 0) is 0 Å². The monoisotopic (exact) mass is 576 g/mol. The van der Waals surface area contributed by atoms with Crippen molar-refractivity contribution in [2.75, 3.05) is 0 Å². The molecule has 0 N–H and O–H groups in total. The number of fused-ring (bicyclic) bond motifs is 6. The van der Waals surface area contributed by atoms with Gasteiger partial charge in [-0.3, -0.25) is 4.98 Å². The van der Waals surface area contributed by atoms with Crippen molar-refractivity contribution in [3.8, 4) is 45.3 Å². The summed E-state index contributed by atoms with van der Waals surface area (Å²) in [5.74, 6) is 1.72. The van der Waals surface area contributed by atoms with Crippen molar-refractivity contribution in [3.05, 3.63) is 146 Å². The average Bonchev–Trinajstić information content (AvgIpc) is 3.50. The van der Waals surface area contributed by atoms with Crippen LogP contribution in [-0.4, -0.2) is 19.9 Å². The van der Waals surface area contributed by atoms with Crippen LogP contribution in [0.3, 0.4) is 0 Å². The lowest BCUT2D eigenvalue weighted by Crippen LogP contribution is -2.00. The Morgan fingerprint density at radius 2 is 1.07 bits per heavy atom. The molecular weight excluding hydrogens is 552 g/mol. The highest BCUT2D eigenvalue weighted by Crippen LogP contribution is 2.38. The molecule has 3 heterocycles. The SMILES string of the molecule is c1cc(-c2nc(-c3ccncc3)nc(-c3cccc4c3oc3ccccc34)n2)cc(-c2cccc3ccc4ccccc4c23)c1. The van der Waals surface area contributed by atoms with Gasteiger partial charge in [0.05, 0.1) is 5.56 Å². The van der Waals surface area contributed by atoms with Crippen LogP contribution < -0.4 is 0 Å². The van der Waals surface area contributed by atoms with Crippen molar-refractivity contribution in [2.24, 2.45) is 0 Å². The first-order chi connectivity index (χ1) is 22.3. The van der Waals surface area contributed by atoms with Crippen molar-refractivity contribution in [1.29, 1.82) is 0 Å². The predicted molar refractivity (Wildman–Crippen MR) is 182 cm³/mol. The predicted octanol–water partition coefficient (Wildman–Crippen LogP) is 10.1. The van der Waals surface area contributed by atoms with Gasteiger partial charge in [-0.2, -0.15) is 0 Å². The third kappa shape index (κ3) is 4.25. The highest BCUT2D eigenvalue weighted by Gasteiger charge is 2.18. The molecule has 0 unspecified atom stereocenters. The normalized spacial score (nSPS) is 11.6. The molecule has 0 aliphatic rings. The minimum Gasteiger partial charge on any atom is -0.455 e. The van der Waals surface area contributed by atoms with Gasteiger partial charge in [0.15, 0.2) is 17.5 Å². The summed E-state index contributed by atoms with van der Waals surface area (Å²) in [5.41, 5.74) is 6.44. The Morgan fingerprint density at radius 1 is 0.422 bits per heavy atom. The minimum absolute atomic E-state index is 0.554. The molecule has 3 aromatic heterocycles. The first-order valence-electron chi connectivity index (χ1n) is 14.9. The first-order valence-corrected chi connectivity index (χ1v) is 14.9. The summed E-state index contributed by atoms with van der Waals surface area (Å²) >= 11 is 0. The zero-order chi connectivity index (χ0) is 29.7. The van der Waals surface area contributed by atoms with Gasteiger partial charge in [-0.25, -0.2) is 15.0 Å². The van der Waals surface area contributed by atoms with E-state index in [0.29, 0.717) is 17.5 Å². The average molecular weight is 577 g/mol. The van der Waals surface area contributed by atoms with Crippen LogP contribution in [0.25, 0.3) is 88.8 Å². The van der Waals surface area contributed by atoms with Gasteiger partial charge in [-0.15, -0.1) is 0 Å². The molecule has 0 atom stereocenters. The third-order valence-corrected chi connectivity index (χ3v) is 8.42. The molecule has 45 heavy (non-hydrogen) atoms. The molecule has 5 heteroatoms. The molecule has 9 rings (SSSR count). The van der Waals surface area contributed by atoms with Gasteiger partial charge in [0.1, 0.15) is 11.2 Å². The van der Waals surface area contributed by atoms with E-state index in [4.69, 9.17) is 19.4 Å². The van der Waals surface area contributed by atoms with E-state index in [0.717, 1.165) is 44.2 Å². The van der Waals surface area contributed by atoms with Crippen LogP contribution in [0.15, 0.2) is 150 Å². The second kappa shape index (κ2) is 10.2. The molecule has 0 radical (unpaired) electrons. The van der Waals surface area contributed by atoms with E-state index >= 15 is 0 Å². The molecule has 0 bridgehead atoms. The maximum absolute atomic E-state index is 6.37. The Morgan fingerprint density at radius 3 is 1.98 bits per heavy atom. The van der Waals surface area contributed by atoms with E-state index in [9.17, 15) is 0 Å². The van der Waals surface area contributed by atoms with Crippen molar-refractivity contribution in [2.45, 2.75) is 0 Å². The van der Waals surface area contributed by atoms with E-state index in [1.54, 1.807) is 12.4 Å². The lowest BCUT2D eigenvalue weighted by atomic mass is 9.93. The molecule has 0 aliphatic carbocycles. The number of benzene rings is 6. The molecule has 0 amide bonds. The van der Waals surface area contributed by atoms with Gasteiger partial charge >= 0.3 is 0 Å². The summed E-state index contributed by atoms with van der Waals surface area (Å²) in [6.45, 7) is 0. The number of hydrogen-bond acceptors (Lipinski definition) is 5. The molecule has 0 spiro atoms. The summed E-state index contributed by atoms with van der Waals surface area (Å²) in [5, 5.41) is 6.99. The number of aromatic nitrogens is 4. The Hall–Kier alpha value is -6.20. The van der Waals surface area contributed by atoms with Crippen LogP contribution in [0.2, 0.25) is 0 Å². The number of rotatable bonds is 4. The van der Waals surface area contributed by atoms with Gasteiger partial charge in [0.25, 0.3) is 0 Å². The lowest BCUT2D eigenvalue weighted by Gasteiger charge is -2.12. The Kier molecular flexibility index (Phi) is 5.74. The summed E-state index contributed by atoms with van der Waals surface area (Å²) in [6.07, 6.45) is 3.51. The van der Waals surface area contributed by atoms with Crippen molar-refractivity contribution >= 4 is 43.5 Å². The van der Waals surface area contributed by atoms with E-state index in [1.165, 1.54) is 27.1 Å². The second-order valence-electron chi connectivity index (χ2n) is 11.1. The molecular formula is C40H24N4O. The smallest absolute Gasteiger partial charge is 0.167 e. The molecule has 210 valence electrons. The van der Waals surface area contributed by atoms with E-state index < -0.39 is 0 Å². The number of furan rings is 1. The number of para-hydroxylation sites is 2. The Balaban J connectivity index is 1.26. The fraction of sp³-hybridized carbons (Fsp3) is 0. The zero-order valence-electron chi connectivity index (χ0n) is 24.1. The first kappa shape index (κ1) is 25.3. The van der Waals surface area contributed by atoms with Crippen LogP contribution >= 0.6 is 0 Å². The van der Waals surface area contributed by atoms with E-state index in [1.807, 2.05) is 42.5 Å². The summed E-state index contributed by atoms with van der Waals surface area (Å²) in [4.78, 5) is 19.2. The second-order valence-corrected chi connectivity index (χ2v) is 11.1. The standard InChI is InChI=1S/C40H24N4O/c1-2-12-30-25(8-1)18-19-26-9-6-14-31(36(26)30)28-10-5-11-29(24-28)39-42-38(27-20-22-41-23-21-27)43-40(44-39)34-16-7-15-33-32-13-3-4-17-35(32)45-37(33)34/h1-24H. The van der Waals surface area contributed by atoms with Gasteiger partial charge < -0.3 is 4.42 Å². The number of hydrogen-bond donors (Lipinski definition) is 0. The third-order valence-electron chi connectivity index (χ3n) is 8.42. The van der Waals surface area contributed by atoms with Crippen molar-refractivity contribution < 1.29 is 4.42 Å². The van der Waals surface area contributed by atoms with Gasteiger partial charge in [-0.1, -0.05) is 103 Å². The van der Waals surface area contributed by atoms with Crippen LogP contribution in [0.1, 0.15) is 0 Å². The fourth-order valence-corrected chi connectivity index (χ4v) is 6.30. The highest BCUT2D eigenvalue weighted by atomic mass is 16.3. The van der Waals surface area contributed by atoms with Crippen LogP contribution in [0.5, 0.6) is 0 Å². The minimum atomic E-state index is 0.554. The maximum Gasteiger partial charge on any atom is 0.167 e. The molecule has 0 saturated heterocycles. The fourth-order valence-electron chi connectivity index (χ4n) is 6.30. The van der Waals surface area contributed by atoms with Gasteiger partial charge in [-0.05, 0) is 63.0 Å². The van der Waals surface area contributed by atoms with E-state index in [2.05, 4.69) is 96.0 Å². The van der Waals surface area contributed by atoms with E-state index in [-0.39, 0.29) is 0 Å². The molecule has 0 aliphatic heterocycles. The highest BCUT2D eigenvalue weighted by molar-refractivity contribution is 6.14. The quantitative estimate of drug-likeness (QED) is 0.195. The Bertz CT molecular complexity index is 2550. The Labute approximate surface area is 258 Å². The van der Waals surface area contributed by atoms with Crippen LogP contribution in [0.4, 0.5) is 0 Å². The zero-order valence-corrected chi connectivity index (χ0v) is 24.1. The lowest BCUT2D eigenvalue weighted by molar-refractivity contribution is 0.669. The van der Waals surface area contributed by atoms with Crippen LogP contribution in [0, 0.1) is 0 Å². The summed E-state index contributed by atoms with van der Waals surface area (Å²) in [6, 6.07) is 45.9. The number of pyridine rings is 1. The van der Waals surface area contributed by atoms with Crippen molar-refractivity contribution in [3.63, 3.8) is 0 Å². The topological polar surface area (TPSA) is 64.7 Å². The molecule has 9 aromatic rings. The summed E-state index contributed by atoms with van der Waals surface area (Å²) < 4.78 is 6.37. The molecule has 0 fully saturated rings. The summed E-state index contributed by atoms with van der Waals surface area (Å²) in [7, 11) is 0. The largest absolute Gasteiger partial charge is 0.455 e. The van der Waals surface area contributed by atoms with Gasteiger partial charge in [0, 0.05) is 34.3 Å².